The number of aliphatic imine (C=N–C) groups is 1. The van der Waals surface area contributed by atoms with Gasteiger partial charge in [-0.15, -0.1) is 0 Å². The van der Waals surface area contributed by atoms with Gasteiger partial charge >= 0.3 is 0 Å². The molecule has 1 aromatic heterocycles. The summed E-state index contributed by atoms with van der Waals surface area (Å²) in [5.74, 6) is 1.91. The Bertz CT molecular complexity index is 900. The topological polar surface area (TPSA) is 87.8 Å². The zero-order valence-electron chi connectivity index (χ0n) is 19.7. The van der Waals surface area contributed by atoms with Crippen LogP contribution in [0.1, 0.15) is 57.8 Å². The quantitative estimate of drug-likeness (QED) is 0.499. The number of rotatable bonds is 7. The van der Waals surface area contributed by atoms with E-state index in [2.05, 4.69) is 30.7 Å². The van der Waals surface area contributed by atoms with Crippen molar-refractivity contribution in [1.82, 2.24) is 25.7 Å². The fraction of sp³-hybridized carbons (Fsp3) is 0.609. The highest BCUT2D eigenvalue weighted by Crippen LogP contribution is 2.21. The fourth-order valence-electron chi connectivity index (χ4n) is 3.59. The van der Waals surface area contributed by atoms with Crippen molar-refractivity contribution >= 4 is 5.96 Å². The van der Waals surface area contributed by atoms with Crippen LogP contribution >= 0.6 is 0 Å². The van der Waals surface area contributed by atoms with Gasteiger partial charge in [-0.1, -0.05) is 32.0 Å². The first kappa shape index (κ1) is 24.0. The molecule has 1 aliphatic rings. The molecule has 0 saturated carbocycles. The second-order valence-corrected chi connectivity index (χ2v) is 9.12. The summed E-state index contributed by atoms with van der Waals surface area (Å²) in [4.78, 5) is 11.4. The van der Waals surface area contributed by atoms with E-state index in [1.165, 1.54) is 7.11 Å². The fourth-order valence-corrected chi connectivity index (χ4v) is 3.59. The van der Waals surface area contributed by atoms with E-state index in [0.29, 0.717) is 24.3 Å². The summed E-state index contributed by atoms with van der Waals surface area (Å²) in [5.41, 5.74) is 0.780. The van der Waals surface area contributed by atoms with E-state index in [1.54, 1.807) is 12.1 Å². The van der Waals surface area contributed by atoms with E-state index in [1.807, 2.05) is 33.8 Å². The van der Waals surface area contributed by atoms with E-state index in [0.717, 1.165) is 50.5 Å². The first-order chi connectivity index (χ1) is 15.3. The molecule has 1 saturated heterocycles. The predicted molar refractivity (Wildman–Crippen MR) is 122 cm³/mol. The summed E-state index contributed by atoms with van der Waals surface area (Å²) >= 11 is 0. The molecule has 0 atom stereocenters. The lowest BCUT2D eigenvalue weighted by molar-refractivity contribution is 0.198. The number of piperidine rings is 1. The number of aromatic nitrogens is 2. The van der Waals surface area contributed by atoms with E-state index in [4.69, 9.17) is 9.26 Å². The summed E-state index contributed by atoms with van der Waals surface area (Å²) < 4.78 is 24.3. The SMILES string of the molecule is CCNC(=NCc1noc(C(C)(C)C)n1)NC1CCN(Cc2ccc(OC)c(F)c2)CC1. The van der Waals surface area contributed by atoms with Gasteiger partial charge in [-0.05, 0) is 37.5 Å². The minimum absolute atomic E-state index is 0.177. The van der Waals surface area contributed by atoms with Crippen LogP contribution < -0.4 is 15.4 Å². The maximum atomic E-state index is 13.9. The molecule has 2 aromatic rings. The average molecular weight is 447 g/mol. The van der Waals surface area contributed by atoms with Gasteiger partial charge in [-0.2, -0.15) is 4.98 Å². The van der Waals surface area contributed by atoms with Crippen molar-refractivity contribution < 1.29 is 13.7 Å². The second-order valence-electron chi connectivity index (χ2n) is 9.12. The standard InChI is InChI=1S/C23H35FN6O2/c1-6-25-22(26-14-20-28-21(32-29-20)23(2,3)4)27-17-9-11-30(12-10-17)15-16-7-8-19(31-5)18(24)13-16/h7-8,13,17H,6,9-12,14-15H2,1-5H3,(H2,25,26,27). The van der Waals surface area contributed by atoms with Gasteiger partial charge in [-0.25, -0.2) is 9.38 Å². The molecule has 1 aliphatic heterocycles. The van der Waals surface area contributed by atoms with Gasteiger partial charge in [0, 0.05) is 37.6 Å². The molecule has 2 heterocycles. The number of methoxy groups -OCH3 is 1. The first-order valence-electron chi connectivity index (χ1n) is 11.2. The zero-order chi connectivity index (χ0) is 23.1. The molecule has 0 spiro atoms. The highest BCUT2D eigenvalue weighted by Gasteiger charge is 2.22. The number of hydrogen-bond acceptors (Lipinski definition) is 6. The Morgan fingerprint density at radius 1 is 1.31 bits per heavy atom. The van der Waals surface area contributed by atoms with Crippen molar-refractivity contribution in [2.45, 2.75) is 65.1 Å². The maximum Gasteiger partial charge on any atom is 0.232 e. The molecule has 0 bridgehead atoms. The van der Waals surface area contributed by atoms with Crippen LogP contribution in [0.2, 0.25) is 0 Å². The minimum atomic E-state index is -0.315. The van der Waals surface area contributed by atoms with Crippen molar-refractivity contribution in [2.75, 3.05) is 26.7 Å². The molecule has 0 unspecified atom stereocenters. The molecule has 8 nitrogen and oxygen atoms in total. The Hall–Kier alpha value is -2.68. The summed E-state index contributed by atoms with van der Waals surface area (Å²) in [7, 11) is 1.48. The lowest BCUT2D eigenvalue weighted by atomic mass is 9.97. The van der Waals surface area contributed by atoms with Crippen molar-refractivity contribution in [3.05, 3.63) is 41.3 Å². The van der Waals surface area contributed by atoms with Gasteiger partial charge in [0.1, 0.15) is 6.54 Å². The molecule has 0 amide bonds. The number of halogens is 1. The number of nitrogens with zero attached hydrogens (tertiary/aromatic N) is 4. The Balaban J connectivity index is 1.50. The lowest BCUT2D eigenvalue weighted by Gasteiger charge is -2.33. The molecular formula is C23H35FN6O2. The molecule has 2 N–H and O–H groups in total. The number of hydrogen-bond donors (Lipinski definition) is 2. The van der Waals surface area contributed by atoms with Gasteiger partial charge in [0.15, 0.2) is 23.4 Å². The molecule has 32 heavy (non-hydrogen) atoms. The number of benzene rings is 1. The molecule has 0 radical (unpaired) electrons. The van der Waals surface area contributed by atoms with Crippen LogP contribution in [0.4, 0.5) is 4.39 Å². The Kier molecular flexibility index (Phi) is 8.06. The number of guanidine groups is 1. The first-order valence-corrected chi connectivity index (χ1v) is 11.2. The van der Waals surface area contributed by atoms with Crippen LogP contribution in [0.3, 0.4) is 0 Å². The minimum Gasteiger partial charge on any atom is -0.494 e. The largest absolute Gasteiger partial charge is 0.494 e. The van der Waals surface area contributed by atoms with E-state index < -0.39 is 0 Å². The normalized spacial score (nSPS) is 16.2. The van der Waals surface area contributed by atoms with Gasteiger partial charge in [-0.3, -0.25) is 4.90 Å². The van der Waals surface area contributed by atoms with E-state index >= 15 is 0 Å². The van der Waals surface area contributed by atoms with Crippen LogP contribution in [-0.4, -0.2) is 53.8 Å². The lowest BCUT2D eigenvalue weighted by Crippen LogP contribution is -2.48. The van der Waals surface area contributed by atoms with Gasteiger partial charge in [0.25, 0.3) is 0 Å². The predicted octanol–water partition coefficient (Wildman–Crippen LogP) is 3.23. The molecule has 1 fully saturated rings. The molecule has 3 rings (SSSR count). The summed E-state index contributed by atoms with van der Waals surface area (Å²) in [6.45, 7) is 11.9. The third-order valence-electron chi connectivity index (χ3n) is 5.38. The second kappa shape index (κ2) is 10.8. The van der Waals surface area contributed by atoms with Crippen LogP contribution in [0.5, 0.6) is 5.75 Å². The number of likely N-dealkylation sites (tertiary alicyclic amines) is 1. The number of ether oxygens (including phenoxy) is 1. The Morgan fingerprint density at radius 2 is 2.06 bits per heavy atom. The number of nitrogens with one attached hydrogen (secondary N) is 2. The van der Waals surface area contributed by atoms with Gasteiger partial charge in [0.05, 0.1) is 7.11 Å². The van der Waals surface area contributed by atoms with E-state index in [-0.39, 0.29) is 17.0 Å². The highest BCUT2D eigenvalue weighted by molar-refractivity contribution is 5.80. The highest BCUT2D eigenvalue weighted by atomic mass is 19.1. The smallest absolute Gasteiger partial charge is 0.232 e. The van der Waals surface area contributed by atoms with Gasteiger partial charge < -0.3 is 19.9 Å². The molecule has 0 aliphatic carbocycles. The third kappa shape index (κ3) is 6.66. The van der Waals surface area contributed by atoms with E-state index in [9.17, 15) is 4.39 Å². The van der Waals surface area contributed by atoms with Crippen LogP contribution in [0, 0.1) is 5.82 Å². The third-order valence-corrected chi connectivity index (χ3v) is 5.38. The summed E-state index contributed by atoms with van der Waals surface area (Å²) in [6, 6.07) is 5.49. The maximum absolute atomic E-state index is 13.9. The van der Waals surface area contributed by atoms with Crippen molar-refractivity contribution in [2.24, 2.45) is 4.99 Å². The Morgan fingerprint density at radius 3 is 2.66 bits per heavy atom. The van der Waals surface area contributed by atoms with Crippen molar-refractivity contribution in [1.29, 1.82) is 0 Å². The van der Waals surface area contributed by atoms with Crippen LogP contribution in [-0.2, 0) is 18.5 Å². The summed E-state index contributed by atoms with van der Waals surface area (Å²) in [5, 5.41) is 10.9. The monoisotopic (exact) mass is 446 g/mol. The van der Waals surface area contributed by atoms with Crippen molar-refractivity contribution in [3.63, 3.8) is 0 Å². The van der Waals surface area contributed by atoms with Crippen LogP contribution in [0.15, 0.2) is 27.7 Å². The van der Waals surface area contributed by atoms with Gasteiger partial charge in [0.2, 0.25) is 5.89 Å². The molecular weight excluding hydrogens is 411 g/mol. The molecule has 9 heteroatoms. The molecule has 1 aromatic carbocycles. The zero-order valence-corrected chi connectivity index (χ0v) is 19.7. The van der Waals surface area contributed by atoms with Crippen LogP contribution in [0.25, 0.3) is 0 Å². The Labute approximate surface area is 189 Å². The molecule has 176 valence electrons. The van der Waals surface area contributed by atoms with Crippen molar-refractivity contribution in [3.8, 4) is 5.75 Å². The average Bonchev–Trinajstić information content (AvgIpc) is 3.23. The summed E-state index contributed by atoms with van der Waals surface area (Å²) in [6.07, 6.45) is 1.97.